The van der Waals surface area contributed by atoms with E-state index in [1.807, 2.05) is 6.92 Å². The van der Waals surface area contributed by atoms with Crippen LogP contribution in [0.2, 0.25) is 0 Å². The van der Waals surface area contributed by atoms with E-state index in [4.69, 9.17) is 0 Å². The highest BCUT2D eigenvalue weighted by Gasteiger charge is 2.01. The molecule has 2 rings (SSSR count). The Morgan fingerprint density at radius 2 is 1.85 bits per heavy atom. The molecule has 0 amide bonds. The van der Waals surface area contributed by atoms with Crippen LogP contribution in [-0.2, 0) is 0 Å². The van der Waals surface area contributed by atoms with Crippen molar-refractivity contribution in [1.82, 2.24) is 4.98 Å². The van der Waals surface area contributed by atoms with Crippen LogP contribution in [0.15, 0.2) is 24.3 Å². The maximum absolute atomic E-state index is 4.46. The van der Waals surface area contributed by atoms with Gasteiger partial charge >= 0.3 is 0 Å². The van der Waals surface area contributed by atoms with Gasteiger partial charge in [-0.25, -0.2) is 0 Å². The molecule has 66 valence electrons. The largest absolute Gasteiger partial charge is 0.258 e. The molecule has 13 heavy (non-hydrogen) atoms. The average molecular weight is 171 g/mol. The predicted octanol–water partition coefficient (Wildman–Crippen LogP) is 3.16. The van der Waals surface area contributed by atoms with E-state index in [1.54, 1.807) is 0 Å². The minimum atomic E-state index is 1.09. The van der Waals surface area contributed by atoms with Crippen LogP contribution in [0.25, 0.3) is 10.8 Å². The van der Waals surface area contributed by atoms with Gasteiger partial charge in [0.25, 0.3) is 0 Å². The second-order valence-corrected chi connectivity index (χ2v) is 3.52. The number of rotatable bonds is 0. The summed E-state index contributed by atoms with van der Waals surface area (Å²) in [6.45, 7) is 6.24. The SMILES string of the molecule is Cc1cc2cccc(C)c2c(C)n1. The summed E-state index contributed by atoms with van der Waals surface area (Å²) >= 11 is 0. The molecule has 0 atom stereocenters. The Labute approximate surface area is 78.4 Å². The van der Waals surface area contributed by atoms with Gasteiger partial charge < -0.3 is 0 Å². The molecule has 0 aliphatic carbocycles. The van der Waals surface area contributed by atoms with Gasteiger partial charge in [-0.05, 0) is 37.8 Å². The highest BCUT2D eigenvalue weighted by atomic mass is 14.7. The minimum Gasteiger partial charge on any atom is -0.258 e. The monoisotopic (exact) mass is 171 g/mol. The van der Waals surface area contributed by atoms with Crippen LogP contribution in [0.5, 0.6) is 0 Å². The smallest absolute Gasteiger partial charge is 0.0456 e. The lowest BCUT2D eigenvalue weighted by Crippen LogP contribution is -1.89. The quantitative estimate of drug-likeness (QED) is 0.593. The van der Waals surface area contributed by atoms with Crippen molar-refractivity contribution >= 4 is 10.8 Å². The normalized spacial score (nSPS) is 10.7. The van der Waals surface area contributed by atoms with E-state index in [1.165, 1.54) is 16.3 Å². The van der Waals surface area contributed by atoms with Gasteiger partial charge in [0.1, 0.15) is 0 Å². The van der Waals surface area contributed by atoms with Gasteiger partial charge in [-0.3, -0.25) is 4.98 Å². The zero-order valence-corrected chi connectivity index (χ0v) is 8.26. The number of nitrogens with zero attached hydrogens (tertiary/aromatic N) is 1. The Bertz CT molecular complexity index is 458. The van der Waals surface area contributed by atoms with Crippen LogP contribution in [0.4, 0.5) is 0 Å². The van der Waals surface area contributed by atoms with E-state index in [2.05, 4.69) is 43.1 Å². The number of benzene rings is 1. The third-order valence-corrected chi connectivity index (χ3v) is 2.38. The molecule has 0 spiro atoms. The Hall–Kier alpha value is -1.37. The molecule has 0 aliphatic rings. The molecule has 1 aromatic carbocycles. The lowest BCUT2D eigenvalue weighted by Gasteiger charge is -2.05. The van der Waals surface area contributed by atoms with Gasteiger partial charge in [0, 0.05) is 16.8 Å². The molecular formula is C12H13N. The highest BCUT2D eigenvalue weighted by Crippen LogP contribution is 2.21. The van der Waals surface area contributed by atoms with Gasteiger partial charge in [-0.2, -0.15) is 0 Å². The third-order valence-electron chi connectivity index (χ3n) is 2.38. The molecule has 0 bridgehead atoms. The summed E-state index contributed by atoms with van der Waals surface area (Å²) in [5.41, 5.74) is 3.53. The number of aromatic nitrogens is 1. The third kappa shape index (κ3) is 1.31. The molecule has 0 radical (unpaired) electrons. The van der Waals surface area contributed by atoms with Crippen LogP contribution in [0.1, 0.15) is 17.0 Å². The van der Waals surface area contributed by atoms with Crippen LogP contribution in [0.3, 0.4) is 0 Å². The lowest BCUT2D eigenvalue weighted by atomic mass is 10.0. The van der Waals surface area contributed by atoms with Crippen molar-refractivity contribution in [3.05, 3.63) is 41.2 Å². The number of pyridine rings is 1. The molecule has 1 heteroatoms. The van der Waals surface area contributed by atoms with E-state index in [0.717, 1.165) is 11.4 Å². The van der Waals surface area contributed by atoms with Crippen molar-refractivity contribution in [2.45, 2.75) is 20.8 Å². The van der Waals surface area contributed by atoms with E-state index in [-0.39, 0.29) is 0 Å². The standard InChI is InChI=1S/C12H13N/c1-8-5-4-6-11-7-9(2)13-10(3)12(8)11/h4-7H,1-3H3. The van der Waals surface area contributed by atoms with Crippen molar-refractivity contribution in [3.63, 3.8) is 0 Å². The summed E-state index contributed by atoms with van der Waals surface area (Å²) < 4.78 is 0. The number of hydrogen-bond acceptors (Lipinski definition) is 1. The van der Waals surface area contributed by atoms with Crippen LogP contribution >= 0.6 is 0 Å². The van der Waals surface area contributed by atoms with Gasteiger partial charge in [-0.15, -0.1) is 0 Å². The first-order valence-electron chi connectivity index (χ1n) is 4.52. The Balaban J connectivity index is 2.94. The van der Waals surface area contributed by atoms with Crippen LogP contribution < -0.4 is 0 Å². The molecule has 0 unspecified atom stereocenters. The van der Waals surface area contributed by atoms with Gasteiger partial charge in [0.05, 0.1) is 0 Å². The Kier molecular flexibility index (Phi) is 1.80. The number of aryl methyl sites for hydroxylation is 3. The summed E-state index contributed by atoms with van der Waals surface area (Å²) in [7, 11) is 0. The predicted molar refractivity (Wildman–Crippen MR) is 56.0 cm³/mol. The summed E-state index contributed by atoms with van der Waals surface area (Å²) in [6, 6.07) is 8.50. The maximum atomic E-state index is 4.46. The second-order valence-electron chi connectivity index (χ2n) is 3.52. The first-order chi connectivity index (χ1) is 6.18. The molecular weight excluding hydrogens is 158 g/mol. The van der Waals surface area contributed by atoms with Crippen molar-refractivity contribution < 1.29 is 0 Å². The van der Waals surface area contributed by atoms with Crippen molar-refractivity contribution in [2.75, 3.05) is 0 Å². The fourth-order valence-electron chi connectivity index (χ4n) is 1.88. The van der Waals surface area contributed by atoms with Crippen molar-refractivity contribution in [2.24, 2.45) is 0 Å². The minimum absolute atomic E-state index is 1.09. The second kappa shape index (κ2) is 2.84. The van der Waals surface area contributed by atoms with E-state index in [9.17, 15) is 0 Å². The highest BCUT2D eigenvalue weighted by molar-refractivity contribution is 5.87. The molecule has 2 aromatic rings. The molecule has 0 saturated carbocycles. The fraction of sp³-hybridized carbons (Fsp3) is 0.250. The first-order valence-corrected chi connectivity index (χ1v) is 4.52. The summed E-state index contributed by atoms with van der Waals surface area (Å²) in [5, 5.41) is 2.60. The van der Waals surface area contributed by atoms with E-state index < -0.39 is 0 Å². The first kappa shape index (κ1) is 8.24. The van der Waals surface area contributed by atoms with E-state index >= 15 is 0 Å². The zero-order valence-electron chi connectivity index (χ0n) is 8.26. The van der Waals surface area contributed by atoms with Crippen molar-refractivity contribution in [3.8, 4) is 0 Å². The Morgan fingerprint density at radius 3 is 2.62 bits per heavy atom. The average Bonchev–Trinajstić information content (AvgIpc) is 2.02. The molecule has 1 aromatic heterocycles. The summed E-state index contributed by atoms with van der Waals surface area (Å²) in [5.74, 6) is 0. The van der Waals surface area contributed by atoms with E-state index in [0.29, 0.717) is 0 Å². The molecule has 1 nitrogen and oxygen atoms in total. The molecule has 0 saturated heterocycles. The molecule has 0 fully saturated rings. The molecule has 0 aliphatic heterocycles. The summed E-state index contributed by atoms with van der Waals surface area (Å²) in [6.07, 6.45) is 0. The number of fused-ring (bicyclic) bond motifs is 1. The van der Waals surface area contributed by atoms with Crippen molar-refractivity contribution in [1.29, 1.82) is 0 Å². The number of hydrogen-bond donors (Lipinski definition) is 0. The molecule has 1 heterocycles. The maximum Gasteiger partial charge on any atom is 0.0456 e. The topological polar surface area (TPSA) is 12.9 Å². The fourth-order valence-corrected chi connectivity index (χ4v) is 1.88. The zero-order chi connectivity index (χ0) is 9.42. The van der Waals surface area contributed by atoms with Crippen LogP contribution in [0, 0.1) is 20.8 Å². The molecule has 0 N–H and O–H groups in total. The van der Waals surface area contributed by atoms with Crippen LogP contribution in [-0.4, -0.2) is 4.98 Å². The Morgan fingerprint density at radius 1 is 1.08 bits per heavy atom. The van der Waals surface area contributed by atoms with Gasteiger partial charge in [0.15, 0.2) is 0 Å². The summed E-state index contributed by atoms with van der Waals surface area (Å²) in [4.78, 5) is 4.46. The van der Waals surface area contributed by atoms with Gasteiger partial charge in [-0.1, -0.05) is 18.2 Å². The van der Waals surface area contributed by atoms with Gasteiger partial charge in [0.2, 0.25) is 0 Å². The lowest BCUT2D eigenvalue weighted by molar-refractivity contribution is 1.15.